The number of aromatic carboxylic acids is 1. The fraction of sp³-hybridized carbons (Fsp3) is 0.0909. The minimum atomic E-state index is -1.09. The first-order valence-electron chi connectivity index (χ1n) is 4.60. The van der Waals surface area contributed by atoms with Crippen LogP contribution in [-0.2, 0) is 0 Å². The molecule has 0 saturated heterocycles. The first kappa shape index (κ1) is 10.7. The molecule has 0 aliphatic carbocycles. The molecule has 16 heavy (non-hydrogen) atoms. The number of anilines is 1. The Morgan fingerprint density at radius 1 is 1.50 bits per heavy atom. The van der Waals surface area contributed by atoms with E-state index in [1.54, 1.807) is 25.1 Å². The van der Waals surface area contributed by atoms with Gasteiger partial charge in [0.25, 0.3) is 0 Å². The van der Waals surface area contributed by atoms with E-state index in [4.69, 9.17) is 22.4 Å². The van der Waals surface area contributed by atoms with E-state index in [0.717, 1.165) is 0 Å². The van der Waals surface area contributed by atoms with Crippen molar-refractivity contribution in [2.45, 2.75) is 6.92 Å². The molecule has 0 saturated carbocycles. The number of carboxylic acids is 1. The van der Waals surface area contributed by atoms with Gasteiger partial charge in [-0.25, -0.2) is 4.79 Å². The van der Waals surface area contributed by atoms with Crippen molar-refractivity contribution in [1.82, 2.24) is 4.98 Å². The van der Waals surface area contributed by atoms with Gasteiger partial charge in [-0.1, -0.05) is 17.7 Å². The van der Waals surface area contributed by atoms with E-state index in [1.807, 2.05) is 0 Å². The zero-order chi connectivity index (χ0) is 11.9. The minimum absolute atomic E-state index is 0.0144. The molecule has 1 aromatic carbocycles. The topological polar surface area (TPSA) is 76.2 Å². The second-order valence-electron chi connectivity index (χ2n) is 3.43. The molecule has 5 heteroatoms. The summed E-state index contributed by atoms with van der Waals surface area (Å²) < 4.78 is 0. The van der Waals surface area contributed by atoms with Crippen LogP contribution in [0.3, 0.4) is 0 Å². The molecule has 1 heterocycles. The van der Waals surface area contributed by atoms with Crippen molar-refractivity contribution in [3.8, 4) is 0 Å². The monoisotopic (exact) mass is 236 g/mol. The van der Waals surface area contributed by atoms with Crippen LogP contribution < -0.4 is 5.73 Å². The van der Waals surface area contributed by atoms with Gasteiger partial charge in [-0.2, -0.15) is 0 Å². The molecule has 0 bridgehead atoms. The average molecular weight is 237 g/mol. The number of rotatable bonds is 1. The van der Waals surface area contributed by atoms with Crippen LogP contribution in [0.1, 0.15) is 16.1 Å². The number of nitrogens with two attached hydrogens (primary N) is 1. The predicted molar refractivity (Wildman–Crippen MR) is 62.9 cm³/mol. The third kappa shape index (κ3) is 1.47. The molecule has 0 amide bonds. The molecular weight excluding hydrogens is 228 g/mol. The number of carbonyl (C=O) groups is 1. The fourth-order valence-electron chi connectivity index (χ4n) is 1.70. The molecule has 0 unspecified atom stereocenters. The highest BCUT2D eigenvalue weighted by atomic mass is 35.5. The van der Waals surface area contributed by atoms with Crippen LogP contribution in [0.4, 0.5) is 5.69 Å². The number of halogens is 1. The summed E-state index contributed by atoms with van der Waals surface area (Å²) in [6, 6.07) is 5.15. The number of pyridine rings is 1. The van der Waals surface area contributed by atoms with E-state index in [2.05, 4.69) is 4.98 Å². The lowest BCUT2D eigenvalue weighted by atomic mass is 10.1. The maximum Gasteiger partial charge on any atom is 0.339 e. The third-order valence-corrected chi connectivity index (χ3v) is 2.71. The quantitative estimate of drug-likeness (QED) is 0.798. The highest BCUT2D eigenvalue weighted by molar-refractivity contribution is 6.36. The number of aromatic nitrogens is 1. The number of benzene rings is 1. The van der Waals surface area contributed by atoms with Crippen LogP contribution in [-0.4, -0.2) is 16.1 Å². The second kappa shape index (κ2) is 3.64. The summed E-state index contributed by atoms with van der Waals surface area (Å²) in [5, 5.41) is 9.93. The van der Waals surface area contributed by atoms with E-state index in [0.29, 0.717) is 21.6 Å². The van der Waals surface area contributed by atoms with Crippen molar-refractivity contribution in [2.75, 3.05) is 5.73 Å². The van der Waals surface area contributed by atoms with Crippen molar-refractivity contribution in [3.05, 3.63) is 34.5 Å². The molecule has 2 rings (SSSR count). The summed E-state index contributed by atoms with van der Waals surface area (Å²) in [5.41, 5.74) is 6.99. The molecule has 82 valence electrons. The molecule has 2 aromatic rings. The van der Waals surface area contributed by atoms with Gasteiger partial charge in [-0.15, -0.1) is 0 Å². The Bertz CT molecular complexity index is 596. The smallest absolute Gasteiger partial charge is 0.339 e. The van der Waals surface area contributed by atoms with Crippen molar-refractivity contribution in [3.63, 3.8) is 0 Å². The number of fused-ring (bicyclic) bond motifs is 1. The molecule has 0 spiro atoms. The Hall–Kier alpha value is -1.81. The van der Waals surface area contributed by atoms with Crippen LogP contribution in [0.2, 0.25) is 5.02 Å². The van der Waals surface area contributed by atoms with Crippen LogP contribution in [0.25, 0.3) is 10.9 Å². The second-order valence-corrected chi connectivity index (χ2v) is 3.83. The Balaban J connectivity index is 2.96. The minimum Gasteiger partial charge on any atom is -0.478 e. The molecule has 3 N–H and O–H groups in total. The largest absolute Gasteiger partial charge is 0.478 e. The van der Waals surface area contributed by atoms with Crippen LogP contribution in [0.5, 0.6) is 0 Å². The summed E-state index contributed by atoms with van der Waals surface area (Å²) in [6.45, 7) is 1.61. The van der Waals surface area contributed by atoms with Crippen LogP contribution >= 0.6 is 11.6 Å². The van der Waals surface area contributed by atoms with Crippen LogP contribution in [0, 0.1) is 6.92 Å². The molecule has 4 nitrogen and oxygen atoms in total. The van der Waals surface area contributed by atoms with E-state index >= 15 is 0 Å². The lowest BCUT2D eigenvalue weighted by Crippen LogP contribution is -2.07. The van der Waals surface area contributed by atoms with Crippen molar-refractivity contribution in [1.29, 1.82) is 0 Å². The highest BCUT2D eigenvalue weighted by Gasteiger charge is 2.17. The molecule has 0 atom stereocenters. The van der Waals surface area contributed by atoms with Crippen LogP contribution in [0.15, 0.2) is 18.2 Å². The van der Waals surface area contributed by atoms with Gasteiger partial charge in [0.15, 0.2) is 0 Å². The number of hydrogen-bond donors (Lipinski definition) is 2. The Labute approximate surface area is 96.7 Å². The summed E-state index contributed by atoms with van der Waals surface area (Å²) in [5.74, 6) is -1.09. The molecule has 0 radical (unpaired) electrons. The molecule has 0 aliphatic heterocycles. The number of hydrogen-bond acceptors (Lipinski definition) is 3. The highest BCUT2D eigenvalue weighted by Crippen LogP contribution is 2.31. The van der Waals surface area contributed by atoms with Gasteiger partial charge in [0.05, 0.1) is 21.9 Å². The fourth-order valence-corrected chi connectivity index (χ4v) is 1.97. The SMILES string of the molecule is Cc1nc2cccc(Cl)c2c(N)c1C(=O)O. The van der Waals surface area contributed by atoms with Gasteiger partial charge in [0.1, 0.15) is 5.56 Å². The summed E-state index contributed by atoms with van der Waals surface area (Å²) >= 11 is 5.98. The van der Waals surface area contributed by atoms with Gasteiger partial charge in [0, 0.05) is 5.39 Å². The molecule has 0 aliphatic rings. The number of nitrogens with zero attached hydrogens (tertiary/aromatic N) is 1. The maximum absolute atomic E-state index is 11.0. The number of carboxylic acid groups (broad SMARTS) is 1. The predicted octanol–water partition coefficient (Wildman–Crippen LogP) is 2.48. The lowest BCUT2D eigenvalue weighted by Gasteiger charge is -2.09. The van der Waals surface area contributed by atoms with Crippen molar-refractivity contribution in [2.24, 2.45) is 0 Å². The zero-order valence-electron chi connectivity index (χ0n) is 8.49. The van der Waals surface area contributed by atoms with Gasteiger partial charge < -0.3 is 10.8 Å². The van der Waals surface area contributed by atoms with E-state index < -0.39 is 5.97 Å². The zero-order valence-corrected chi connectivity index (χ0v) is 9.25. The van der Waals surface area contributed by atoms with Gasteiger partial charge >= 0.3 is 5.97 Å². The number of nitrogen functional groups attached to an aromatic ring is 1. The summed E-state index contributed by atoms with van der Waals surface area (Å²) in [4.78, 5) is 15.2. The first-order valence-corrected chi connectivity index (χ1v) is 4.97. The maximum atomic E-state index is 11.0. The van der Waals surface area contributed by atoms with E-state index in [-0.39, 0.29) is 11.3 Å². The van der Waals surface area contributed by atoms with Crippen molar-refractivity contribution >= 4 is 34.2 Å². The van der Waals surface area contributed by atoms with Gasteiger partial charge in [-0.3, -0.25) is 4.98 Å². The third-order valence-electron chi connectivity index (χ3n) is 2.39. The number of aryl methyl sites for hydroxylation is 1. The van der Waals surface area contributed by atoms with Crippen molar-refractivity contribution < 1.29 is 9.90 Å². The molecule has 1 aromatic heterocycles. The van der Waals surface area contributed by atoms with Gasteiger partial charge in [-0.05, 0) is 19.1 Å². The normalized spacial score (nSPS) is 10.6. The summed E-state index contributed by atoms with van der Waals surface area (Å²) in [6.07, 6.45) is 0. The summed E-state index contributed by atoms with van der Waals surface area (Å²) in [7, 11) is 0. The lowest BCUT2D eigenvalue weighted by molar-refractivity contribution is 0.0697. The van der Waals surface area contributed by atoms with E-state index in [9.17, 15) is 4.79 Å². The van der Waals surface area contributed by atoms with E-state index in [1.165, 1.54) is 0 Å². The molecule has 0 fully saturated rings. The standard InChI is InChI=1S/C11H9ClN2O2/c1-5-8(11(15)16)10(13)9-6(12)3-2-4-7(9)14-5/h2-4H,1H3,(H2,13,14)(H,15,16). The average Bonchev–Trinajstić information content (AvgIpc) is 2.15. The Kier molecular flexibility index (Phi) is 2.44. The first-order chi connectivity index (χ1) is 7.52. The Morgan fingerprint density at radius 3 is 2.81 bits per heavy atom. The van der Waals surface area contributed by atoms with Gasteiger partial charge in [0.2, 0.25) is 0 Å². The molecular formula is C11H9ClN2O2. The Morgan fingerprint density at radius 2 is 2.19 bits per heavy atom.